The second kappa shape index (κ2) is 10.5. The van der Waals surface area contributed by atoms with Gasteiger partial charge in [-0.2, -0.15) is 5.10 Å². The molecular formula is C28H31N8O2Si. The Hall–Kier alpha value is -4.22. The maximum absolute atomic E-state index is 12.4. The summed E-state index contributed by atoms with van der Waals surface area (Å²) in [4.78, 5) is 25.8. The molecule has 2 aromatic heterocycles. The van der Waals surface area contributed by atoms with E-state index in [0.717, 1.165) is 40.9 Å². The van der Waals surface area contributed by atoms with E-state index in [2.05, 4.69) is 72.4 Å². The van der Waals surface area contributed by atoms with Gasteiger partial charge in [-0.3, -0.25) is 9.48 Å². The first-order valence-corrected chi connectivity index (χ1v) is 13.1. The molecule has 4 aromatic rings. The van der Waals surface area contributed by atoms with Gasteiger partial charge in [-0.1, -0.05) is 12.6 Å². The molecule has 5 rings (SSSR count). The Morgan fingerprint density at radius 3 is 2.72 bits per heavy atom. The Bertz CT molecular complexity index is 1550. The molecular weight excluding hydrogens is 508 g/mol. The van der Waals surface area contributed by atoms with Gasteiger partial charge in [0.2, 0.25) is 5.91 Å². The van der Waals surface area contributed by atoms with Crippen LogP contribution in [0.15, 0.2) is 61.6 Å². The lowest BCUT2D eigenvalue weighted by molar-refractivity contribution is -0.111. The molecule has 1 aliphatic rings. The number of carbonyl (C=O) groups excluding carboxylic acids is 1. The summed E-state index contributed by atoms with van der Waals surface area (Å²) < 4.78 is 7.62. The van der Waals surface area contributed by atoms with Gasteiger partial charge in [-0.05, 0) is 38.2 Å². The largest absolute Gasteiger partial charge is 0.494 e. The Kier molecular flexibility index (Phi) is 7.11. The molecule has 1 aliphatic heterocycles. The predicted molar refractivity (Wildman–Crippen MR) is 156 cm³/mol. The van der Waals surface area contributed by atoms with E-state index in [1.54, 1.807) is 7.11 Å². The van der Waals surface area contributed by atoms with Crippen molar-refractivity contribution in [2.24, 2.45) is 7.05 Å². The van der Waals surface area contributed by atoms with E-state index in [0.29, 0.717) is 29.5 Å². The SMILES string of the molecule is C=CC(=O)Nc1cc(Nc2cc(-c3ccc4c(cnn4C)c3)ncn2)c(OC)cc1N1CCN(C)[C@@](C)([Si])C1. The summed E-state index contributed by atoms with van der Waals surface area (Å²) in [5, 5.41) is 11.5. The van der Waals surface area contributed by atoms with Crippen molar-refractivity contribution in [1.82, 2.24) is 24.6 Å². The number of nitrogens with zero attached hydrogens (tertiary/aromatic N) is 6. The number of carbonyl (C=O) groups is 1. The summed E-state index contributed by atoms with van der Waals surface area (Å²) in [7, 11) is 9.53. The number of nitrogens with one attached hydrogen (secondary N) is 2. The van der Waals surface area contributed by atoms with Crippen molar-refractivity contribution in [3.8, 4) is 17.0 Å². The molecule has 0 unspecified atom stereocenters. The molecule has 1 amide bonds. The number of likely N-dealkylation sites (N-methyl/N-ethyl adjacent to an activating group) is 1. The Labute approximate surface area is 231 Å². The monoisotopic (exact) mass is 539 g/mol. The highest BCUT2D eigenvalue weighted by Gasteiger charge is 2.32. The van der Waals surface area contributed by atoms with Crippen LogP contribution in [-0.4, -0.2) is 79.8 Å². The molecule has 3 radical (unpaired) electrons. The van der Waals surface area contributed by atoms with Crippen molar-refractivity contribution in [2.75, 3.05) is 49.3 Å². The number of amides is 1. The van der Waals surface area contributed by atoms with Crippen molar-refractivity contribution < 1.29 is 9.53 Å². The number of hydrogen-bond donors (Lipinski definition) is 2. The van der Waals surface area contributed by atoms with Gasteiger partial charge in [0.15, 0.2) is 0 Å². The van der Waals surface area contributed by atoms with Crippen molar-refractivity contribution in [3.63, 3.8) is 0 Å². The van der Waals surface area contributed by atoms with Gasteiger partial charge in [0.05, 0.1) is 51.8 Å². The topological polar surface area (TPSA) is 100 Å². The number of aryl methyl sites for hydroxylation is 1. The van der Waals surface area contributed by atoms with E-state index in [4.69, 9.17) is 4.74 Å². The Morgan fingerprint density at radius 2 is 1.97 bits per heavy atom. The first kappa shape index (κ1) is 26.4. The van der Waals surface area contributed by atoms with Gasteiger partial charge >= 0.3 is 0 Å². The van der Waals surface area contributed by atoms with Gasteiger partial charge in [0.1, 0.15) is 17.9 Å². The normalized spacial score (nSPS) is 17.7. The molecule has 0 spiro atoms. The highest BCUT2D eigenvalue weighted by molar-refractivity contribution is 6.15. The smallest absolute Gasteiger partial charge is 0.247 e. The van der Waals surface area contributed by atoms with Gasteiger partial charge in [-0.25, -0.2) is 9.97 Å². The average Bonchev–Trinajstić information content (AvgIpc) is 3.30. The molecule has 2 aromatic carbocycles. The van der Waals surface area contributed by atoms with Crippen molar-refractivity contribution in [1.29, 1.82) is 0 Å². The van der Waals surface area contributed by atoms with Gasteiger partial charge in [0, 0.05) is 54.9 Å². The number of fused-ring (bicyclic) bond motifs is 1. The molecule has 10 nitrogen and oxygen atoms in total. The average molecular weight is 540 g/mol. The lowest BCUT2D eigenvalue weighted by Gasteiger charge is -2.46. The molecule has 199 valence electrons. The van der Waals surface area contributed by atoms with Crippen LogP contribution >= 0.6 is 0 Å². The van der Waals surface area contributed by atoms with Gasteiger partial charge in [-0.15, -0.1) is 0 Å². The molecule has 3 heterocycles. The van der Waals surface area contributed by atoms with Crippen LogP contribution in [0, 0.1) is 0 Å². The third kappa shape index (κ3) is 5.36. The van der Waals surface area contributed by atoms with Crippen LogP contribution in [-0.2, 0) is 11.8 Å². The fraction of sp³-hybridized carbons (Fsp3) is 0.286. The number of anilines is 4. The molecule has 1 atom stereocenters. The van der Waals surface area contributed by atoms with Crippen LogP contribution in [0.3, 0.4) is 0 Å². The maximum Gasteiger partial charge on any atom is 0.247 e. The van der Waals surface area contributed by atoms with Crippen molar-refractivity contribution >= 4 is 49.9 Å². The lowest BCUT2D eigenvalue weighted by Crippen LogP contribution is -2.60. The van der Waals surface area contributed by atoms with Crippen LogP contribution in [0.5, 0.6) is 5.75 Å². The maximum atomic E-state index is 12.4. The second-order valence-corrected chi connectivity index (χ2v) is 10.9. The van der Waals surface area contributed by atoms with Gasteiger partial charge < -0.3 is 25.2 Å². The van der Waals surface area contributed by atoms with Crippen LogP contribution in [0.2, 0.25) is 0 Å². The summed E-state index contributed by atoms with van der Waals surface area (Å²) >= 11 is 0. The second-order valence-electron chi connectivity index (χ2n) is 9.84. The Balaban J connectivity index is 1.49. The lowest BCUT2D eigenvalue weighted by atomic mass is 10.1. The van der Waals surface area contributed by atoms with Crippen LogP contribution in [0.4, 0.5) is 22.9 Å². The van der Waals surface area contributed by atoms with Gasteiger partial charge in [0.25, 0.3) is 0 Å². The summed E-state index contributed by atoms with van der Waals surface area (Å²) in [6.07, 6.45) is 4.62. The van der Waals surface area contributed by atoms with E-state index < -0.39 is 0 Å². The van der Waals surface area contributed by atoms with Crippen LogP contribution in [0.1, 0.15) is 6.92 Å². The molecule has 0 saturated carbocycles. The highest BCUT2D eigenvalue weighted by atomic mass is 28.1. The molecule has 2 N–H and O–H groups in total. The molecule has 1 saturated heterocycles. The van der Waals surface area contributed by atoms with E-state index in [9.17, 15) is 4.79 Å². The predicted octanol–water partition coefficient (Wildman–Crippen LogP) is 3.54. The quantitative estimate of drug-likeness (QED) is 0.272. The molecule has 11 heteroatoms. The van der Waals surface area contributed by atoms with Crippen LogP contribution < -0.4 is 20.3 Å². The fourth-order valence-corrected chi connectivity index (χ4v) is 5.02. The summed E-state index contributed by atoms with van der Waals surface area (Å²) in [6, 6.07) is 11.8. The number of ether oxygens (including phenoxy) is 1. The van der Waals surface area contributed by atoms with Crippen molar-refractivity contribution in [2.45, 2.75) is 12.1 Å². The summed E-state index contributed by atoms with van der Waals surface area (Å²) in [5.74, 6) is 0.913. The minimum absolute atomic E-state index is 0.224. The summed E-state index contributed by atoms with van der Waals surface area (Å²) in [6.45, 7) is 8.10. The fourth-order valence-electron chi connectivity index (χ4n) is 4.72. The minimum atomic E-state index is -0.294. The molecule has 0 bridgehead atoms. The third-order valence-corrected chi connectivity index (χ3v) is 7.66. The van der Waals surface area contributed by atoms with Crippen LogP contribution in [0.25, 0.3) is 22.2 Å². The van der Waals surface area contributed by atoms with E-state index in [-0.39, 0.29) is 11.1 Å². The summed E-state index contributed by atoms with van der Waals surface area (Å²) in [5.41, 5.74) is 4.93. The van der Waals surface area contributed by atoms with Crippen molar-refractivity contribution in [3.05, 3.63) is 61.6 Å². The molecule has 0 aliphatic carbocycles. The standard InChI is InChI=1S/C28H31N8O2Si/c1-6-27(37)33-21-12-22(25(38-5)14-24(21)36-10-9-34(3)28(2,39)16-36)32-26-13-20(29-17-30-26)18-7-8-23-19(11-18)15-31-35(23)4/h6-8,11-15,17H,1,9-10,16H2,2-5H3,(H,33,37)(H,29,30,32)/t28-/m0/s1. The minimum Gasteiger partial charge on any atom is -0.494 e. The first-order valence-electron chi connectivity index (χ1n) is 12.6. The number of methoxy groups -OCH3 is 1. The molecule has 1 fully saturated rings. The van der Waals surface area contributed by atoms with E-state index >= 15 is 0 Å². The third-order valence-electron chi connectivity index (χ3n) is 7.12. The first-order chi connectivity index (χ1) is 18.7. The number of rotatable bonds is 7. The number of benzene rings is 2. The highest BCUT2D eigenvalue weighted by Crippen LogP contribution is 2.40. The zero-order valence-corrected chi connectivity index (χ0v) is 23.5. The number of aromatic nitrogens is 4. The van der Waals surface area contributed by atoms with E-state index in [1.807, 2.05) is 48.3 Å². The van der Waals surface area contributed by atoms with E-state index in [1.165, 1.54) is 12.4 Å². The number of piperazine rings is 1. The zero-order chi connectivity index (χ0) is 27.7. The number of hydrogen-bond acceptors (Lipinski definition) is 8. The zero-order valence-electron chi connectivity index (χ0n) is 22.5. The Morgan fingerprint density at radius 1 is 1.15 bits per heavy atom. The molecule has 39 heavy (non-hydrogen) atoms.